The average molecular weight is 1420 g/mol. The molecule has 0 heterocycles. The number of allylic oxidation sites excluding steroid dienone is 42. The Bertz CT molecular complexity index is 2680. The van der Waals surface area contributed by atoms with E-state index in [0.29, 0.717) is 23.9 Å². The fraction of sp³-hybridized carbons (Fsp3) is 0.522. The molecule has 0 aliphatic heterocycles. The summed E-state index contributed by atoms with van der Waals surface area (Å²) in [6, 6.07) is 0. The minimum atomic E-state index is -4.67. The Balaban J connectivity index is 4.18. The molecule has 0 saturated carbocycles. The number of phosphoric ester groups is 1. The van der Waals surface area contributed by atoms with Gasteiger partial charge in [-0.2, -0.15) is 0 Å². The Morgan fingerprint density at radius 2 is 0.529 bits per heavy atom. The average Bonchev–Trinajstić information content (AvgIpc) is 0.916. The molecule has 0 aromatic rings. The molecule has 9 nitrogen and oxygen atoms in total. The predicted molar refractivity (Wildman–Crippen MR) is 442 cm³/mol. The highest BCUT2D eigenvalue weighted by molar-refractivity contribution is 7.45. The third kappa shape index (κ3) is 82.5. The summed E-state index contributed by atoms with van der Waals surface area (Å²) in [7, 11) is 1.11. The Morgan fingerprint density at radius 3 is 0.784 bits per heavy atom. The van der Waals surface area contributed by atoms with Crippen molar-refractivity contribution in [1.82, 2.24) is 0 Å². The van der Waals surface area contributed by atoms with Gasteiger partial charge >= 0.3 is 11.9 Å². The molecule has 0 spiro atoms. The van der Waals surface area contributed by atoms with Gasteiger partial charge in [-0.25, -0.2) is 0 Å². The van der Waals surface area contributed by atoms with Crippen molar-refractivity contribution >= 4 is 19.8 Å². The molecule has 2 unspecified atom stereocenters. The lowest BCUT2D eigenvalue weighted by Crippen LogP contribution is -2.37. The number of nitrogens with zero attached hydrogens (tertiary/aromatic N) is 1. The molecule has 0 aromatic heterocycles. The molecule has 0 aliphatic rings. The number of hydrogen-bond acceptors (Lipinski definition) is 8. The van der Waals surface area contributed by atoms with Gasteiger partial charge in [0.15, 0.2) is 6.10 Å². The highest BCUT2D eigenvalue weighted by atomic mass is 31.2. The van der Waals surface area contributed by atoms with Crippen molar-refractivity contribution in [2.75, 3.05) is 47.5 Å². The summed E-state index contributed by atoms with van der Waals surface area (Å²) in [6.45, 7) is 3.95. The highest BCUT2D eigenvalue weighted by Crippen LogP contribution is 2.38. The van der Waals surface area contributed by atoms with E-state index in [-0.39, 0.29) is 26.1 Å². The van der Waals surface area contributed by atoms with Gasteiger partial charge in [0.25, 0.3) is 7.82 Å². The van der Waals surface area contributed by atoms with Gasteiger partial charge in [-0.1, -0.05) is 327 Å². The number of ether oxygens (including phenoxy) is 2. The van der Waals surface area contributed by atoms with Crippen LogP contribution in [0, 0.1) is 0 Å². The highest BCUT2D eigenvalue weighted by Gasteiger charge is 2.22. The normalized spacial score (nSPS) is 14.5. The van der Waals surface area contributed by atoms with Crippen LogP contribution in [0.2, 0.25) is 0 Å². The van der Waals surface area contributed by atoms with E-state index in [1.165, 1.54) is 6.42 Å². The maximum atomic E-state index is 12.9. The second-order valence-corrected chi connectivity index (χ2v) is 27.7. The van der Waals surface area contributed by atoms with Crippen LogP contribution in [0.4, 0.5) is 0 Å². The monoisotopic (exact) mass is 1420 g/mol. The number of likely N-dealkylation sites (N-methyl/N-ethyl adjacent to an activating group) is 1. The van der Waals surface area contributed by atoms with E-state index in [1.807, 2.05) is 21.1 Å². The van der Waals surface area contributed by atoms with E-state index in [9.17, 15) is 19.0 Å². The second kappa shape index (κ2) is 78.7. The topological polar surface area (TPSA) is 111 Å². The summed E-state index contributed by atoms with van der Waals surface area (Å²) in [5.41, 5.74) is 0. The van der Waals surface area contributed by atoms with E-state index in [0.717, 1.165) is 212 Å². The second-order valence-electron chi connectivity index (χ2n) is 26.3. The summed E-state index contributed by atoms with van der Waals surface area (Å²) >= 11 is 0. The van der Waals surface area contributed by atoms with Crippen LogP contribution in [0.25, 0.3) is 0 Å². The van der Waals surface area contributed by atoms with Crippen molar-refractivity contribution in [3.05, 3.63) is 255 Å². The van der Waals surface area contributed by atoms with Crippen molar-refractivity contribution in [2.24, 2.45) is 0 Å². The number of unbranched alkanes of at least 4 members (excludes halogenated alkanes) is 13. The number of quaternary nitrogens is 1. The lowest BCUT2D eigenvalue weighted by Gasteiger charge is -2.28. The first kappa shape index (κ1) is 95.5. The first-order chi connectivity index (χ1) is 50.0. The van der Waals surface area contributed by atoms with E-state index in [1.54, 1.807) is 0 Å². The van der Waals surface area contributed by atoms with Gasteiger partial charge in [-0.15, -0.1) is 0 Å². The molecule has 0 aliphatic carbocycles. The van der Waals surface area contributed by atoms with Crippen LogP contribution >= 0.6 is 7.82 Å². The molecule has 10 heteroatoms. The van der Waals surface area contributed by atoms with Crippen LogP contribution in [0.15, 0.2) is 255 Å². The van der Waals surface area contributed by atoms with Crippen molar-refractivity contribution in [3.8, 4) is 0 Å². The van der Waals surface area contributed by atoms with Crippen molar-refractivity contribution in [1.29, 1.82) is 0 Å². The molecular formula is C92H142NO8P. The number of esters is 2. The van der Waals surface area contributed by atoms with E-state index >= 15 is 0 Å². The van der Waals surface area contributed by atoms with Gasteiger partial charge in [0.05, 0.1) is 27.7 Å². The summed E-state index contributed by atoms with van der Waals surface area (Å²) in [4.78, 5) is 38.2. The number of hydrogen-bond donors (Lipinski definition) is 0. The predicted octanol–water partition coefficient (Wildman–Crippen LogP) is 26.2. The number of carbonyl (C=O) groups is 2. The van der Waals surface area contributed by atoms with Crippen LogP contribution in [0.5, 0.6) is 0 Å². The molecule has 2 atom stereocenters. The van der Waals surface area contributed by atoms with Crippen LogP contribution < -0.4 is 4.89 Å². The lowest BCUT2D eigenvalue weighted by molar-refractivity contribution is -0.870. The quantitative estimate of drug-likeness (QED) is 0.0195. The maximum absolute atomic E-state index is 12.9. The minimum absolute atomic E-state index is 0.0499. The zero-order chi connectivity index (χ0) is 74.0. The molecule has 0 fully saturated rings. The van der Waals surface area contributed by atoms with Gasteiger partial charge in [-0.3, -0.25) is 14.2 Å². The third-order valence-electron chi connectivity index (χ3n) is 15.6. The van der Waals surface area contributed by atoms with Crippen LogP contribution in [-0.4, -0.2) is 70.0 Å². The van der Waals surface area contributed by atoms with Gasteiger partial charge in [-0.05, 0) is 173 Å². The SMILES string of the molecule is CC/C=C\C/C=C\C/C=C\C/C=C\C/C=C\C/C=C\C/C=C\C/C=C\C/C=C\C/C=C\C/C=C\CCCCCCCCCC(=O)OC(COC(=O)CCCCCCCC/C=C\C/C=C\C/C=C\C/C=C\C/C=C\C/C=C\C/C=C\C/C=C\C/C=C\C/C=C\CC)COP(=O)([O-])OCC[N+](C)(C)C. The standard InChI is InChI=1S/C92H142NO8P/c1-6-8-10-12-14-16-18-20-22-24-26-28-30-32-34-36-38-40-42-44-45-46-47-49-51-53-55-57-59-61-63-65-67-69-71-73-75-77-79-81-83-85-92(95)101-90(89-100-102(96,97)99-87-86-93(3,4)5)88-98-91(94)84-82-80-78-76-74-72-70-68-66-64-62-60-58-56-54-52-50-48-43-41-39-37-35-33-31-29-27-25-23-21-19-17-15-13-11-9-7-2/h8-11,14-17,20-23,26-29,32-35,38-41,44-45,47-50,53-56,59-62,65-68,90H,6-7,12-13,18-19,24-25,30-31,36-37,42-43,46,51-52,57-58,63-64,69-89H2,1-5H3/b10-8-,11-9-,16-14-,17-15-,22-20-,23-21-,28-26-,29-27-,34-32-,35-33-,40-38-,41-39-,45-44-,49-47-,50-48-,55-53-,56-54-,61-59-,62-60-,67-65-,68-66-. The van der Waals surface area contributed by atoms with Crippen molar-refractivity contribution < 1.29 is 42.1 Å². The zero-order valence-electron chi connectivity index (χ0n) is 64.7. The summed E-state index contributed by atoms with van der Waals surface area (Å²) in [5.74, 6) is -0.882. The molecule has 0 N–H and O–H groups in total. The Labute approximate surface area is 625 Å². The lowest BCUT2D eigenvalue weighted by atomic mass is 10.1. The smallest absolute Gasteiger partial charge is 0.306 e. The first-order valence-electron chi connectivity index (χ1n) is 39.4. The fourth-order valence-electron chi connectivity index (χ4n) is 9.63. The molecule has 102 heavy (non-hydrogen) atoms. The Hall–Kier alpha value is -6.45. The van der Waals surface area contributed by atoms with Crippen molar-refractivity contribution in [2.45, 2.75) is 264 Å². The molecule has 0 saturated heterocycles. The van der Waals surface area contributed by atoms with Crippen molar-refractivity contribution in [3.63, 3.8) is 0 Å². The van der Waals surface area contributed by atoms with E-state index in [2.05, 4.69) is 269 Å². The summed E-state index contributed by atoms with van der Waals surface area (Å²) in [5, 5.41) is 0. The Kier molecular flexibility index (Phi) is 73.7. The van der Waals surface area contributed by atoms with E-state index in [4.69, 9.17) is 18.5 Å². The van der Waals surface area contributed by atoms with Gasteiger partial charge < -0.3 is 27.9 Å². The summed E-state index contributed by atoms with van der Waals surface area (Å²) in [6.07, 6.45) is 129. The fourth-order valence-corrected chi connectivity index (χ4v) is 10.4. The molecule has 0 aromatic carbocycles. The molecule has 0 amide bonds. The summed E-state index contributed by atoms with van der Waals surface area (Å²) < 4.78 is 34.3. The zero-order valence-corrected chi connectivity index (χ0v) is 65.6. The van der Waals surface area contributed by atoms with Gasteiger partial charge in [0, 0.05) is 12.8 Å². The van der Waals surface area contributed by atoms with E-state index < -0.39 is 32.5 Å². The maximum Gasteiger partial charge on any atom is 0.306 e. The number of carbonyl (C=O) groups excluding carboxylic acids is 2. The molecule has 0 rings (SSSR count). The Morgan fingerprint density at radius 1 is 0.304 bits per heavy atom. The third-order valence-corrected chi connectivity index (χ3v) is 16.5. The first-order valence-corrected chi connectivity index (χ1v) is 40.9. The molecular weight excluding hydrogens is 1280 g/mol. The number of phosphoric acid groups is 1. The van der Waals surface area contributed by atoms with Crippen LogP contribution in [-0.2, 0) is 32.7 Å². The van der Waals surface area contributed by atoms with Gasteiger partial charge in [0.2, 0.25) is 0 Å². The largest absolute Gasteiger partial charge is 0.756 e. The minimum Gasteiger partial charge on any atom is -0.756 e. The molecule has 0 radical (unpaired) electrons. The number of rotatable bonds is 69. The van der Waals surface area contributed by atoms with Gasteiger partial charge in [0.1, 0.15) is 19.8 Å². The molecule has 0 bridgehead atoms. The molecule has 568 valence electrons. The van der Waals surface area contributed by atoms with Crippen LogP contribution in [0.1, 0.15) is 258 Å². The van der Waals surface area contributed by atoms with Crippen LogP contribution in [0.3, 0.4) is 0 Å².